The van der Waals surface area contributed by atoms with E-state index in [0.29, 0.717) is 0 Å². The van der Waals surface area contributed by atoms with Gasteiger partial charge in [0.15, 0.2) is 6.54 Å². The van der Waals surface area contributed by atoms with E-state index in [1.807, 2.05) is 20.0 Å². The van der Waals surface area contributed by atoms with Crippen LogP contribution in [0.5, 0.6) is 0 Å². The molecule has 0 aromatic carbocycles. The Morgan fingerprint density at radius 1 is 1.64 bits per heavy atom. The molecule has 0 aliphatic heterocycles. The van der Waals surface area contributed by atoms with Crippen molar-refractivity contribution in [3.8, 4) is 0 Å². The van der Waals surface area contributed by atoms with Gasteiger partial charge in [0.2, 0.25) is 0 Å². The van der Waals surface area contributed by atoms with Crippen molar-refractivity contribution in [2.45, 2.75) is 26.8 Å². The van der Waals surface area contributed by atoms with E-state index in [0.717, 1.165) is 17.9 Å². The van der Waals surface area contributed by atoms with E-state index in [1.54, 1.807) is 4.57 Å². The van der Waals surface area contributed by atoms with Gasteiger partial charge in [0, 0.05) is 13.3 Å². The van der Waals surface area contributed by atoms with E-state index in [1.165, 1.54) is 0 Å². The van der Waals surface area contributed by atoms with E-state index in [4.69, 9.17) is 5.11 Å². The zero-order chi connectivity index (χ0) is 9.14. The Bertz CT molecular complexity index is 299. The third-order valence-electron chi connectivity index (χ3n) is 1.68. The summed E-state index contributed by atoms with van der Waals surface area (Å²) in [5.74, 6) is 0.142. The van der Waals surface area contributed by atoms with Gasteiger partial charge in [-0.2, -0.15) is 0 Å². The number of carbonyl (C=O) groups is 1. The molecule has 0 fully saturated rings. The maximum absolute atomic E-state index is 10.4. The summed E-state index contributed by atoms with van der Waals surface area (Å²) in [5.41, 5.74) is 0.994. The average molecular weight is 223 g/mol. The highest BCUT2D eigenvalue weighted by Crippen LogP contribution is 1.93. The molecule has 5 nitrogen and oxygen atoms in total. The predicted octanol–water partition coefficient (Wildman–Crippen LogP) is -3.56. The fraction of sp³-hybridized carbons (Fsp3) is 0.500. The lowest BCUT2D eigenvalue weighted by Crippen LogP contribution is -3.00. The Balaban J connectivity index is 0. The van der Waals surface area contributed by atoms with Crippen LogP contribution in [0.15, 0.2) is 6.20 Å². The summed E-state index contributed by atoms with van der Waals surface area (Å²) in [4.78, 5) is 13.5. The number of halogens is 1. The highest BCUT2D eigenvalue weighted by molar-refractivity contribution is 5.64. The first-order valence-electron chi connectivity index (χ1n) is 3.93. The van der Waals surface area contributed by atoms with E-state index in [2.05, 4.69) is 4.98 Å². The number of carboxylic acids is 1. The van der Waals surface area contributed by atoms with Gasteiger partial charge in [-0.05, 0) is 0 Å². The minimum absolute atomic E-state index is 0. The number of nitrogens with one attached hydrogen (secondary N) is 1. The molecule has 1 heterocycles. The van der Waals surface area contributed by atoms with Gasteiger partial charge in [0.05, 0.1) is 0 Å². The van der Waals surface area contributed by atoms with Gasteiger partial charge in [0.1, 0.15) is 11.9 Å². The van der Waals surface area contributed by atoms with Crippen molar-refractivity contribution >= 4 is 5.97 Å². The molecular weight excluding hydrogens is 208 g/mol. The van der Waals surface area contributed by atoms with Gasteiger partial charge in [-0.25, -0.2) is 14.3 Å². The van der Waals surface area contributed by atoms with Gasteiger partial charge >= 0.3 is 5.97 Å². The number of imidazole rings is 1. The molecular formula is C8H15ClN2O3. The Labute approximate surface area is 88.5 Å². The Hall–Kier alpha value is -1.07. The van der Waals surface area contributed by atoms with E-state index >= 15 is 0 Å². The van der Waals surface area contributed by atoms with Crippen molar-refractivity contribution in [3.63, 3.8) is 0 Å². The van der Waals surface area contributed by atoms with Gasteiger partial charge in [0.25, 0.3) is 5.82 Å². The molecule has 0 spiro atoms. The first-order valence-corrected chi connectivity index (χ1v) is 3.93. The second kappa shape index (κ2) is 6.39. The molecule has 4 N–H and O–H groups in total. The number of hydrogen-bond donors (Lipinski definition) is 2. The fourth-order valence-electron chi connectivity index (χ4n) is 1.22. The second-order valence-corrected chi connectivity index (χ2v) is 2.76. The van der Waals surface area contributed by atoms with E-state index < -0.39 is 5.97 Å². The van der Waals surface area contributed by atoms with Gasteiger partial charge in [-0.3, -0.25) is 0 Å². The number of aryl methyl sites for hydroxylation is 2. The molecule has 0 saturated carbocycles. The molecule has 1 rings (SSSR count). The number of aromatic amines is 1. The maximum Gasteiger partial charge on any atom is 0.346 e. The highest BCUT2D eigenvalue weighted by Gasteiger charge is 2.13. The van der Waals surface area contributed by atoms with Crippen molar-refractivity contribution in [1.29, 1.82) is 0 Å². The number of carboxylic acid groups (broad SMARTS) is 1. The van der Waals surface area contributed by atoms with Crippen molar-refractivity contribution in [2.75, 3.05) is 0 Å². The van der Waals surface area contributed by atoms with Crippen LogP contribution in [0.3, 0.4) is 0 Å². The summed E-state index contributed by atoms with van der Waals surface area (Å²) in [5, 5.41) is 8.56. The summed E-state index contributed by atoms with van der Waals surface area (Å²) >= 11 is 0. The molecule has 0 radical (unpaired) electrons. The first-order chi connectivity index (χ1) is 5.63. The third-order valence-corrected chi connectivity index (χ3v) is 1.68. The molecule has 1 aromatic rings. The summed E-state index contributed by atoms with van der Waals surface area (Å²) in [6.07, 6.45) is 2.63. The Morgan fingerprint density at radius 3 is 2.64 bits per heavy atom. The molecule has 0 atom stereocenters. The van der Waals surface area contributed by atoms with Crippen LogP contribution in [0.4, 0.5) is 0 Å². The minimum atomic E-state index is -0.811. The van der Waals surface area contributed by atoms with Crippen LogP contribution in [0.2, 0.25) is 0 Å². The lowest BCUT2D eigenvalue weighted by atomic mass is 10.4. The van der Waals surface area contributed by atoms with Crippen molar-refractivity contribution in [2.24, 2.45) is 0 Å². The highest BCUT2D eigenvalue weighted by atomic mass is 35.5. The van der Waals surface area contributed by atoms with Gasteiger partial charge in [-0.15, -0.1) is 0 Å². The predicted molar refractivity (Wildman–Crippen MR) is 46.4 cm³/mol. The molecule has 0 amide bonds. The summed E-state index contributed by atoms with van der Waals surface area (Å²) in [6.45, 7) is 3.94. The van der Waals surface area contributed by atoms with Crippen LogP contribution in [0.1, 0.15) is 18.4 Å². The molecule has 6 heteroatoms. The van der Waals surface area contributed by atoms with Crippen LogP contribution >= 0.6 is 0 Å². The average Bonchev–Trinajstić information content (AvgIpc) is 2.29. The Kier molecular flexibility index (Phi) is 7.04. The summed E-state index contributed by atoms with van der Waals surface area (Å²) in [7, 11) is 0. The van der Waals surface area contributed by atoms with Gasteiger partial charge < -0.3 is 23.0 Å². The molecule has 82 valence electrons. The normalized spacial score (nSPS) is 8.71. The van der Waals surface area contributed by atoms with Crippen LogP contribution < -0.4 is 17.0 Å². The minimum Gasteiger partial charge on any atom is -1.00 e. The number of nitrogens with zero attached hydrogens (tertiary/aromatic N) is 1. The zero-order valence-corrected chi connectivity index (χ0v) is 8.93. The van der Waals surface area contributed by atoms with Crippen LogP contribution in [-0.4, -0.2) is 21.5 Å². The topological polar surface area (TPSA) is 88.5 Å². The molecule has 0 unspecified atom stereocenters. The van der Waals surface area contributed by atoms with Crippen molar-refractivity contribution < 1.29 is 32.4 Å². The van der Waals surface area contributed by atoms with Gasteiger partial charge in [-0.1, -0.05) is 6.92 Å². The lowest BCUT2D eigenvalue weighted by Gasteiger charge is -1.92. The molecule has 0 saturated heterocycles. The standard InChI is InChI=1S/C8H12N2O2.ClH.H2O/c1-3-7-9-6(2)4-10(7)5-8(11)12;;/h4H,3,5H2,1-2H3,(H,11,12);1H;1H2. The monoisotopic (exact) mass is 222 g/mol. The maximum atomic E-state index is 10.4. The van der Waals surface area contributed by atoms with E-state index in [9.17, 15) is 4.79 Å². The quantitative estimate of drug-likeness (QED) is 0.519. The number of rotatable bonds is 3. The number of aliphatic carboxylic acids is 1. The van der Waals surface area contributed by atoms with Crippen LogP contribution in [0, 0.1) is 6.92 Å². The molecule has 1 aromatic heterocycles. The number of aromatic nitrogens is 2. The molecule has 14 heavy (non-hydrogen) atoms. The largest absolute Gasteiger partial charge is 1.00 e. The fourth-order valence-corrected chi connectivity index (χ4v) is 1.22. The van der Waals surface area contributed by atoms with Crippen molar-refractivity contribution in [1.82, 2.24) is 4.98 Å². The second-order valence-electron chi connectivity index (χ2n) is 2.76. The van der Waals surface area contributed by atoms with Crippen LogP contribution in [-0.2, 0) is 17.8 Å². The summed E-state index contributed by atoms with van der Waals surface area (Å²) < 4.78 is 1.72. The smallest absolute Gasteiger partial charge is 0.346 e. The Morgan fingerprint density at radius 2 is 2.21 bits per heavy atom. The third kappa shape index (κ3) is 3.76. The number of H-pyrrole nitrogens is 1. The molecule has 0 bridgehead atoms. The SMILES string of the molecule is CCc1[nH]c(C)c[n+]1CC(=O)O.O.[Cl-]. The zero-order valence-electron chi connectivity index (χ0n) is 8.17. The first kappa shape index (κ1) is 15.4. The number of hydrogen-bond acceptors (Lipinski definition) is 1. The van der Waals surface area contributed by atoms with E-state index in [-0.39, 0.29) is 24.4 Å². The van der Waals surface area contributed by atoms with Crippen LogP contribution in [0.25, 0.3) is 0 Å². The lowest BCUT2D eigenvalue weighted by molar-refractivity contribution is -0.691. The molecule has 0 aliphatic rings. The summed E-state index contributed by atoms with van der Waals surface area (Å²) in [6, 6.07) is 0. The molecule has 0 aliphatic carbocycles. The van der Waals surface area contributed by atoms with Crippen molar-refractivity contribution in [3.05, 3.63) is 17.7 Å².